The van der Waals surface area contributed by atoms with Crippen LogP contribution in [0.1, 0.15) is 27.7 Å². The van der Waals surface area contributed by atoms with E-state index in [4.69, 9.17) is 0 Å². The zero-order valence-electron chi connectivity index (χ0n) is 14.5. The van der Waals surface area contributed by atoms with Gasteiger partial charge in [0.25, 0.3) is 5.91 Å². The molecule has 25 heavy (non-hydrogen) atoms. The van der Waals surface area contributed by atoms with Gasteiger partial charge < -0.3 is 4.90 Å². The molecule has 5 nitrogen and oxygen atoms in total. The third-order valence-corrected chi connectivity index (χ3v) is 5.47. The molecule has 0 radical (unpaired) electrons. The maximum Gasteiger partial charge on any atom is 0.274 e. The number of nitrogens with zero attached hydrogens (tertiary/aromatic N) is 4. The molecule has 0 saturated carbocycles. The number of fused-ring (bicyclic) bond motifs is 1. The Morgan fingerprint density at radius 1 is 1.16 bits per heavy atom. The zero-order chi connectivity index (χ0) is 16.7. The molecule has 0 unspecified atom stereocenters. The topological polar surface area (TPSA) is 49.3 Å². The van der Waals surface area contributed by atoms with Gasteiger partial charge in [-0.15, -0.1) is 12.4 Å². The van der Waals surface area contributed by atoms with Crippen LogP contribution in [0.3, 0.4) is 0 Å². The van der Waals surface area contributed by atoms with Crippen molar-refractivity contribution < 1.29 is 4.79 Å². The molecule has 6 heteroatoms. The largest absolute Gasteiger partial charge is 0.337 e. The molecule has 4 rings (SSSR count). The average Bonchev–Trinajstić information content (AvgIpc) is 3.12. The lowest BCUT2D eigenvalue weighted by Gasteiger charge is -2.28. The van der Waals surface area contributed by atoms with Crippen molar-refractivity contribution in [2.24, 2.45) is 11.8 Å². The van der Waals surface area contributed by atoms with E-state index in [1.54, 1.807) is 18.6 Å². The van der Waals surface area contributed by atoms with Crippen LogP contribution in [0.4, 0.5) is 0 Å². The molecule has 2 fully saturated rings. The second-order valence-electron chi connectivity index (χ2n) is 6.97. The van der Waals surface area contributed by atoms with Crippen LogP contribution in [-0.2, 0) is 0 Å². The Balaban J connectivity index is 0.00000182. The van der Waals surface area contributed by atoms with Crippen LogP contribution in [0, 0.1) is 18.8 Å². The highest BCUT2D eigenvalue weighted by molar-refractivity contribution is 5.92. The number of aryl methyl sites for hydroxylation is 1. The first-order valence-corrected chi connectivity index (χ1v) is 8.46. The maximum absolute atomic E-state index is 12.7. The Labute approximate surface area is 154 Å². The number of aromatic nitrogens is 2. The van der Waals surface area contributed by atoms with E-state index in [-0.39, 0.29) is 18.3 Å². The summed E-state index contributed by atoms with van der Waals surface area (Å²) in [5.74, 6) is 1.01. The Morgan fingerprint density at radius 2 is 1.96 bits per heavy atom. The fourth-order valence-electron chi connectivity index (χ4n) is 4.38. The molecule has 1 amide bonds. The standard InChI is InChI=1S/C19H22N4O.ClH/c1-13-5-3-4-6-15(13)18-16-12-23(11-14(16)10-22(18)2)19(24)17-9-20-7-8-21-17;/h3-9,14,16,18H,10-12H2,1-2H3;1H/t14-,16+,18-;/m0./s1. The van der Waals surface area contributed by atoms with Crippen LogP contribution in [0.15, 0.2) is 42.9 Å². The van der Waals surface area contributed by atoms with Crippen molar-refractivity contribution in [2.75, 3.05) is 26.7 Å². The van der Waals surface area contributed by atoms with Gasteiger partial charge in [-0.25, -0.2) is 4.98 Å². The smallest absolute Gasteiger partial charge is 0.274 e. The van der Waals surface area contributed by atoms with Crippen LogP contribution in [0.25, 0.3) is 0 Å². The van der Waals surface area contributed by atoms with Gasteiger partial charge in [0.2, 0.25) is 0 Å². The lowest BCUT2D eigenvalue weighted by Crippen LogP contribution is -2.34. The summed E-state index contributed by atoms with van der Waals surface area (Å²) in [7, 11) is 2.20. The number of carbonyl (C=O) groups is 1. The summed E-state index contributed by atoms with van der Waals surface area (Å²) in [6.45, 7) is 4.82. The molecule has 1 aromatic heterocycles. The minimum Gasteiger partial charge on any atom is -0.337 e. The van der Waals surface area contributed by atoms with Gasteiger partial charge in [-0.3, -0.25) is 14.7 Å². The van der Waals surface area contributed by atoms with Crippen molar-refractivity contribution in [2.45, 2.75) is 13.0 Å². The molecule has 2 aliphatic rings. The van der Waals surface area contributed by atoms with Crippen molar-refractivity contribution in [3.05, 3.63) is 59.7 Å². The Hall–Kier alpha value is -1.98. The van der Waals surface area contributed by atoms with E-state index in [1.165, 1.54) is 11.1 Å². The average molecular weight is 359 g/mol. The minimum atomic E-state index is 0. The van der Waals surface area contributed by atoms with Crippen molar-refractivity contribution >= 4 is 18.3 Å². The molecule has 2 aliphatic heterocycles. The summed E-state index contributed by atoms with van der Waals surface area (Å²) in [4.78, 5) is 25.3. The summed E-state index contributed by atoms with van der Waals surface area (Å²) in [5, 5.41) is 0. The summed E-state index contributed by atoms with van der Waals surface area (Å²) in [5.41, 5.74) is 3.16. The number of amides is 1. The van der Waals surface area contributed by atoms with Crippen LogP contribution in [-0.4, -0.2) is 52.4 Å². The Kier molecular flexibility index (Phi) is 5.06. The molecule has 132 valence electrons. The summed E-state index contributed by atoms with van der Waals surface area (Å²) in [6, 6.07) is 8.99. The highest BCUT2D eigenvalue weighted by atomic mass is 35.5. The molecule has 0 aliphatic carbocycles. The van der Waals surface area contributed by atoms with Crippen LogP contribution in [0.2, 0.25) is 0 Å². The Morgan fingerprint density at radius 3 is 2.68 bits per heavy atom. The SMILES string of the molecule is Cc1ccccc1[C@H]1[C@@H]2CN(C(=O)c3cnccn3)C[C@@H]2CN1C.Cl. The lowest BCUT2D eigenvalue weighted by atomic mass is 9.88. The predicted octanol–water partition coefficient (Wildman–Crippen LogP) is 2.58. The highest BCUT2D eigenvalue weighted by Gasteiger charge is 2.47. The molecular weight excluding hydrogens is 336 g/mol. The number of halogens is 1. The van der Waals surface area contributed by atoms with Gasteiger partial charge in [0.1, 0.15) is 5.69 Å². The molecule has 1 aromatic carbocycles. The van der Waals surface area contributed by atoms with E-state index in [2.05, 4.69) is 53.1 Å². The monoisotopic (exact) mass is 358 g/mol. The van der Waals surface area contributed by atoms with E-state index < -0.39 is 0 Å². The van der Waals surface area contributed by atoms with Gasteiger partial charge in [-0.2, -0.15) is 0 Å². The molecule has 0 bridgehead atoms. The Bertz CT molecular complexity index is 754. The van der Waals surface area contributed by atoms with E-state index in [1.807, 2.05) is 4.90 Å². The summed E-state index contributed by atoms with van der Waals surface area (Å²) >= 11 is 0. The van der Waals surface area contributed by atoms with Gasteiger partial charge in [0, 0.05) is 44.0 Å². The molecule has 3 heterocycles. The normalized spacial score (nSPS) is 25.5. The number of carbonyl (C=O) groups excluding carboxylic acids is 1. The lowest BCUT2D eigenvalue weighted by molar-refractivity contribution is 0.0761. The summed E-state index contributed by atoms with van der Waals surface area (Å²) in [6.07, 6.45) is 4.73. The molecular formula is C19H23ClN4O. The maximum atomic E-state index is 12.7. The minimum absolute atomic E-state index is 0. The van der Waals surface area contributed by atoms with Crippen LogP contribution in [0.5, 0.6) is 0 Å². The van der Waals surface area contributed by atoms with Crippen molar-refractivity contribution in [3.8, 4) is 0 Å². The van der Waals surface area contributed by atoms with Gasteiger partial charge in [0.05, 0.1) is 6.20 Å². The van der Waals surface area contributed by atoms with Gasteiger partial charge in [-0.05, 0) is 31.0 Å². The first-order chi connectivity index (χ1) is 11.6. The van der Waals surface area contributed by atoms with Gasteiger partial charge in [0.15, 0.2) is 0 Å². The molecule has 2 aromatic rings. The number of hydrogen-bond donors (Lipinski definition) is 0. The van der Waals surface area contributed by atoms with Gasteiger partial charge in [-0.1, -0.05) is 24.3 Å². The van der Waals surface area contributed by atoms with Gasteiger partial charge >= 0.3 is 0 Å². The van der Waals surface area contributed by atoms with E-state index >= 15 is 0 Å². The molecule has 2 saturated heterocycles. The fraction of sp³-hybridized carbons (Fsp3) is 0.421. The number of benzene rings is 1. The molecule has 0 N–H and O–H groups in total. The first kappa shape index (κ1) is 17.8. The quantitative estimate of drug-likeness (QED) is 0.828. The highest BCUT2D eigenvalue weighted by Crippen LogP contribution is 2.44. The van der Waals surface area contributed by atoms with Crippen molar-refractivity contribution in [1.29, 1.82) is 0 Å². The van der Waals surface area contributed by atoms with Crippen LogP contribution < -0.4 is 0 Å². The molecule has 0 spiro atoms. The zero-order valence-corrected chi connectivity index (χ0v) is 15.3. The van der Waals surface area contributed by atoms with E-state index in [0.29, 0.717) is 23.6 Å². The second-order valence-corrected chi connectivity index (χ2v) is 6.97. The number of likely N-dealkylation sites (tertiary alicyclic amines) is 2. The molecule has 3 atom stereocenters. The second kappa shape index (κ2) is 7.10. The first-order valence-electron chi connectivity index (χ1n) is 8.46. The van der Waals surface area contributed by atoms with Crippen LogP contribution >= 0.6 is 12.4 Å². The third kappa shape index (κ3) is 3.14. The number of rotatable bonds is 2. The fourth-order valence-corrected chi connectivity index (χ4v) is 4.38. The van der Waals surface area contributed by atoms with Crippen molar-refractivity contribution in [1.82, 2.24) is 19.8 Å². The van der Waals surface area contributed by atoms with E-state index in [0.717, 1.165) is 19.6 Å². The third-order valence-electron chi connectivity index (χ3n) is 5.47. The van der Waals surface area contributed by atoms with Crippen molar-refractivity contribution in [3.63, 3.8) is 0 Å². The van der Waals surface area contributed by atoms with E-state index in [9.17, 15) is 4.79 Å². The number of hydrogen-bond acceptors (Lipinski definition) is 4. The summed E-state index contributed by atoms with van der Waals surface area (Å²) < 4.78 is 0. The predicted molar refractivity (Wildman–Crippen MR) is 98.7 cm³/mol.